The first kappa shape index (κ1) is 17.0. The molecule has 0 radical (unpaired) electrons. The van der Waals surface area contributed by atoms with Crippen LogP contribution in [0.25, 0.3) is 0 Å². The summed E-state index contributed by atoms with van der Waals surface area (Å²) in [6, 6.07) is 7.84. The number of nitrogens with zero attached hydrogens (tertiary/aromatic N) is 3. The average molecular weight is 353 g/mol. The minimum atomic E-state index is -0.237. The maximum atomic E-state index is 12.4. The second kappa shape index (κ2) is 6.98. The van der Waals surface area contributed by atoms with Crippen molar-refractivity contribution in [3.63, 3.8) is 0 Å². The van der Waals surface area contributed by atoms with Gasteiger partial charge in [-0.2, -0.15) is 0 Å². The third-order valence-corrected chi connectivity index (χ3v) is 4.34. The SMILES string of the molecule is Cc1ccc(C)c(NC(=O)c2csc(Nc3nc(C)cc(C)n3)n2)c1. The first-order valence-corrected chi connectivity index (χ1v) is 8.72. The summed E-state index contributed by atoms with van der Waals surface area (Å²) < 4.78 is 0. The fourth-order valence-electron chi connectivity index (χ4n) is 2.37. The number of thiazole rings is 1. The van der Waals surface area contributed by atoms with E-state index in [1.54, 1.807) is 5.38 Å². The molecule has 0 spiro atoms. The van der Waals surface area contributed by atoms with Crippen molar-refractivity contribution in [2.75, 3.05) is 10.6 Å². The second-order valence-corrected chi connectivity index (χ2v) is 6.77. The highest BCUT2D eigenvalue weighted by Crippen LogP contribution is 2.21. The second-order valence-electron chi connectivity index (χ2n) is 5.91. The number of benzene rings is 1. The van der Waals surface area contributed by atoms with E-state index in [2.05, 4.69) is 25.6 Å². The maximum absolute atomic E-state index is 12.4. The fourth-order valence-corrected chi connectivity index (χ4v) is 3.05. The van der Waals surface area contributed by atoms with E-state index < -0.39 is 0 Å². The van der Waals surface area contributed by atoms with E-state index in [1.165, 1.54) is 11.3 Å². The topological polar surface area (TPSA) is 79.8 Å². The summed E-state index contributed by atoms with van der Waals surface area (Å²) in [5.74, 6) is 0.243. The fraction of sp³-hybridized carbons (Fsp3) is 0.222. The number of carbonyl (C=O) groups excluding carboxylic acids is 1. The molecule has 1 aromatic carbocycles. The lowest BCUT2D eigenvalue weighted by Gasteiger charge is -2.08. The van der Waals surface area contributed by atoms with Gasteiger partial charge in [0, 0.05) is 22.5 Å². The lowest BCUT2D eigenvalue weighted by atomic mass is 10.1. The highest BCUT2D eigenvalue weighted by Gasteiger charge is 2.13. The number of aryl methyl sites for hydroxylation is 4. The molecule has 3 aromatic rings. The Morgan fingerprint density at radius 3 is 2.44 bits per heavy atom. The van der Waals surface area contributed by atoms with Gasteiger partial charge < -0.3 is 10.6 Å². The van der Waals surface area contributed by atoms with Crippen molar-refractivity contribution in [2.24, 2.45) is 0 Å². The van der Waals surface area contributed by atoms with Crippen molar-refractivity contribution in [2.45, 2.75) is 27.7 Å². The van der Waals surface area contributed by atoms with Crippen LogP contribution in [-0.2, 0) is 0 Å². The number of hydrogen-bond acceptors (Lipinski definition) is 6. The molecule has 0 fully saturated rings. The monoisotopic (exact) mass is 353 g/mol. The van der Waals surface area contributed by atoms with Crippen LogP contribution in [0.1, 0.15) is 33.0 Å². The molecule has 3 rings (SSSR count). The van der Waals surface area contributed by atoms with Crippen molar-refractivity contribution >= 4 is 34.0 Å². The molecule has 7 heteroatoms. The summed E-state index contributed by atoms with van der Waals surface area (Å²) >= 11 is 1.34. The highest BCUT2D eigenvalue weighted by atomic mass is 32.1. The molecule has 6 nitrogen and oxygen atoms in total. The van der Waals surface area contributed by atoms with E-state index in [0.717, 1.165) is 28.2 Å². The first-order valence-electron chi connectivity index (χ1n) is 7.84. The van der Waals surface area contributed by atoms with Gasteiger partial charge in [-0.1, -0.05) is 12.1 Å². The van der Waals surface area contributed by atoms with Gasteiger partial charge >= 0.3 is 0 Å². The predicted octanol–water partition coefficient (Wildman–Crippen LogP) is 4.16. The average Bonchev–Trinajstić information content (AvgIpc) is 2.98. The van der Waals surface area contributed by atoms with Crippen molar-refractivity contribution in [3.8, 4) is 0 Å². The Morgan fingerprint density at radius 1 is 1.00 bits per heavy atom. The molecule has 128 valence electrons. The van der Waals surface area contributed by atoms with Crippen LogP contribution in [0.4, 0.5) is 16.8 Å². The van der Waals surface area contributed by atoms with Gasteiger partial charge in [-0.3, -0.25) is 4.79 Å². The molecule has 25 heavy (non-hydrogen) atoms. The number of anilines is 3. The molecule has 2 aromatic heterocycles. The smallest absolute Gasteiger partial charge is 0.275 e. The first-order chi connectivity index (χ1) is 11.9. The molecule has 2 N–H and O–H groups in total. The van der Waals surface area contributed by atoms with Crippen LogP contribution < -0.4 is 10.6 Å². The van der Waals surface area contributed by atoms with Gasteiger partial charge in [0.2, 0.25) is 5.95 Å². The van der Waals surface area contributed by atoms with Crippen LogP contribution in [0.5, 0.6) is 0 Å². The Balaban J connectivity index is 1.74. The largest absolute Gasteiger partial charge is 0.320 e. The Kier molecular flexibility index (Phi) is 4.76. The Morgan fingerprint density at radius 2 is 1.72 bits per heavy atom. The molecule has 0 aliphatic carbocycles. The summed E-state index contributed by atoms with van der Waals surface area (Å²) in [7, 11) is 0. The highest BCUT2D eigenvalue weighted by molar-refractivity contribution is 7.14. The van der Waals surface area contributed by atoms with E-state index in [-0.39, 0.29) is 5.91 Å². The van der Waals surface area contributed by atoms with Crippen LogP contribution >= 0.6 is 11.3 Å². The third kappa shape index (κ3) is 4.19. The van der Waals surface area contributed by atoms with E-state index >= 15 is 0 Å². The van der Waals surface area contributed by atoms with Crippen LogP contribution in [0.2, 0.25) is 0 Å². The maximum Gasteiger partial charge on any atom is 0.275 e. The van der Waals surface area contributed by atoms with Crippen LogP contribution in [0.3, 0.4) is 0 Å². The molecule has 0 saturated carbocycles. The van der Waals surface area contributed by atoms with Crippen molar-refractivity contribution < 1.29 is 4.79 Å². The van der Waals surface area contributed by atoms with Gasteiger partial charge in [0.1, 0.15) is 5.69 Å². The van der Waals surface area contributed by atoms with Gasteiger partial charge in [-0.25, -0.2) is 15.0 Å². The minimum absolute atomic E-state index is 0.237. The number of nitrogens with one attached hydrogen (secondary N) is 2. The number of hydrogen-bond donors (Lipinski definition) is 2. The Hall–Kier alpha value is -2.80. The van der Waals surface area contributed by atoms with Crippen molar-refractivity contribution in [1.29, 1.82) is 0 Å². The van der Waals surface area contributed by atoms with Gasteiger partial charge in [0.15, 0.2) is 5.13 Å². The normalized spacial score (nSPS) is 10.6. The number of carbonyl (C=O) groups is 1. The summed E-state index contributed by atoms with van der Waals surface area (Å²) in [5, 5.41) is 8.25. The number of aromatic nitrogens is 3. The summed E-state index contributed by atoms with van der Waals surface area (Å²) in [4.78, 5) is 25.4. The van der Waals surface area contributed by atoms with E-state index in [0.29, 0.717) is 16.8 Å². The summed E-state index contributed by atoms with van der Waals surface area (Å²) in [6.07, 6.45) is 0. The number of rotatable bonds is 4. The molecule has 2 heterocycles. The van der Waals surface area contributed by atoms with Crippen LogP contribution in [0, 0.1) is 27.7 Å². The molecule has 1 amide bonds. The summed E-state index contributed by atoms with van der Waals surface area (Å²) in [5.41, 5.74) is 5.01. The van der Waals surface area contributed by atoms with E-state index in [4.69, 9.17) is 0 Å². The molecular weight excluding hydrogens is 334 g/mol. The Bertz CT molecular complexity index is 915. The molecule has 0 bridgehead atoms. The third-order valence-electron chi connectivity index (χ3n) is 3.58. The Labute approximate surface area is 150 Å². The van der Waals surface area contributed by atoms with Crippen molar-refractivity contribution in [1.82, 2.24) is 15.0 Å². The molecule has 0 atom stereocenters. The summed E-state index contributed by atoms with van der Waals surface area (Å²) in [6.45, 7) is 7.76. The zero-order valence-corrected chi connectivity index (χ0v) is 15.4. The quantitative estimate of drug-likeness (QED) is 0.736. The molecule has 0 aliphatic heterocycles. The molecule has 0 aliphatic rings. The predicted molar refractivity (Wildman–Crippen MR) is 101 cm³/mol. The molecular formula is C18H19N5OS. The zero-order chi connectivity index (χ0) is 18.0. The van der Waals surface area contributed by atoms with Gasteiger partial charge in [-0.15, -0.1) is 11.3 Å². The molecule has 0 unspecified atom stereocenters. The lowest BCUT2D eigenvalue weighted by Crippen LogP contribution is -2.13. The van der Waals surface area contributed by atoms with E-state index in [1.807, 2.05) is 52.0 Å². The van der Waals surface area contributed by atoms with Gasteiger partial charge in [-0.05, 0) is 51.0 Å². The minimum Gasteiger partial charge on any atom is -0.320 e. The van der Waals surface area contributed by atoms with E-state index in [9.17, 15) is 4.79 Å². The van der Waals surface area contributed by atoms with Gasteiger partial charge in [0.25, 0.3) is 5.91 Å². The number of amides is 1. The van der Waals surface area contributed by atoms with Crippen molar-refractivity contribution in [3.05, 3.63) is 57.9 Å². The molecule has 0 saturated heterocycles. The lowest BCUT2D eigenvalue weighted by molar-refractivity contribution is 0.102. The zero-order valence-electron chi connectivity index (χ0n) is 14.5. The van der Waals surface area contributed by atoms with Gasteiger partial charge in [0.05, 0.1) is 0 Å². The standard InChI is InChI=1S/C18H19N5OS/c1-10-5-6-11(2)14(7-10)21-16(24)15-9-25-18(22-15)23-17-19-12(3)8-13(4)20-17/h5-9H,1-4H3,(H,21,24)(H,19,20,22,23). The van der Waals surface area contributed by atoms with Crippen LogP contribution in [-0.4, -0.2) is 20.9 Å². The van der Waals surface area contributed by atoms with Crippen LogP contribution in [0.15, 0.2) is 29.6 Å².